The topological polar surface area (TPSA) is 38.3 Å². The lowest BCUT2D eigenvalue weighted by Gasteiger charge is -2.22. The van der Waals surface area contributed by atoms with E-state index in [9.17, 15) is 18.0 Å². The van der Waals surface area contributed by atoms with E-state index in [1.807, 2.05) is 0 Å². The quantitative estimate of drug-likeness (QED) is 0.807. The number of hydrogen-bond donors (Lipinski definition) is 1. The number of carbonyl (C=O) groups is 1. The molecule has 1 saturated heterocycles. The van der Waals surface area contributed by atoms with Crippen molar-refractivity contribution in [3.05, 3.63) is 0 Å². The van der Waals surface area contributed by atoms with Gasteiger partial charge < -0.3 is 10.1 Å². The second-order valence-corrected chi connectivity index (χ2v) is 4.40. The van der Waals surface area contributed by atoms with Gasteiger partial charge in [-0.25, -0.2) is 4.79 Å². The molecule has 1 aliphatic heterocycles. The third-order valence-electron chi connectivity index (χ3n) is 1.85. The fraction of sp³-hybridized carbons (Fsp3) is 0.875. The van der Waals surface area contributed by atoms with E-state index in [-0.39, 0.29) is 6.04 Å². The van der Waals surface area contributed by atoms with Crippen LogP contribution < -0.4 is 5.32 Å². The van der Waals surface area contributed by atoms with Crippen LogP contribution in [0.15, 0.2) is 0 Å². The summed E-state index contributed by atoms with van der Waals surface area (Å²) < 4.78 is 39.1. The number of alkyl carbamates (subject to hydrolysis) is 1. The first-order chi connectivity index (χ1) is 6.97. The predicted molar refractivity (Wildman–Crippen MR) is 50.9 cm³/mol. The van der Waals surface area contributed by atoms with Gasteiger partial charge in [0.25, 0.3) is 0 Å². The van der Waals surface area contributed by atoms with Crippen molar-refractivity contribution in [3.8, 4) is 0 Å². The van der Waals surface area contributed by atoms with E-state index in [2.05, 4.69) is 10.1 Å². The van der Waals surface area contributed by atoms with E-state index >= 15 is 0 Å². The average Bonchev–Trinajstić information content (AvgIpc) is 2.15. The largest absolute Gasteiger partial charge is 0.440 e. The maximum absolute atomic E-state index is 11.7. The van der Waals surface area contributed by atoms with Crippen molar-refractivity contribution in [1.82, 2.24) is 5.32 Å². The number of thioether (sulfide) groups is 1. The molecular weight excluding hydrogens is 231 g/mol. The highest BCUT2D eigenvalue weighted by molar-refractivity contribution is 7.99. The lowest BCUT2D eigenvalue weighted by molar-refractivity contribution is -0.160. The van der Waals surface area contributed by atoms with E-state index in [1.165, 1.54) is 0 Å². The molecule has 0 bridgehead atoms. The molecule has 1 atom stereocenters. The molecule has 0 aromatic carbocycles. The molecule has 0 aromatic heterocycles. The van der Waals surface area contributed by atoms with Crippen LogP contribution in [0.25, 0.3) is 0 Å². The van der Waals surface area contributed by atoms with Crippen LogP contribution >= 0.6 is 11.8 Å². The Morgan fingerprint density at radius 1 is 1.53 bits per heavy atom. The number of halogens is 3. The molecule has 0 aromatic rings. The van der Waals surface area contributed by atoms with Crippen molar-refractivity contribution in [2.45, 2.75) is 25.1 Å². The number of hydrogen-bond acceptors (Lipinski definition) is 3. The summed E-state index contributed by atoms with van der Waals surface area (Å²) in [7, 11) is 0. The highest BCUT2D eigenvalue weighted by Gasteiger charge is 2.30. The molecule has 7 heteroatoms. The van der Waals surface area contributed by atoms with Gasteiger partial charge in [0.15, 0.2) is 6.61 Å². The molecule has 1 heterocycles. The fourth-order valence-electron chi connectivity index (χ4n) is 1.21. The second kappa shape index (κ2) is 5.48. The van der Waals surface area contributed by atoms with Crippen LogP contribution in [-0.4, -0.2) is 36.4 Å². The molecule has 1 aliphatic rings. The minimum atomic E-state index is -4.46. The van der Waals surface area contributed by atoms with Crippen molar-refractivity contribution >= 4 is 17.9 Å². The summed E-state index contributed by atoms with van der Waals surface area (Å²) in [4.78, 5) is 10.9. The summed E-state index contributed by atoms with van der Waals surface area (Å²) in [6.07, 6.45) is -3.68. The maximum Gasteiger partial charge on any atom is 0.422 e. The van der Waals surface area contributed by atoms with Crippen LogP contribution in [0.4, 0.5) is 18.0 Å². The predicted octanol–water partition coefficient (Wildman–Crippen LogP) is 2.17. The molecule has 0 spiro atoms. The first kappa shape index (κ1) is 12.5. The average molecular weight is 243 g/mol. The fourth-order valence-corrected chi connectivity index (χ4v) is 2.28. The number of carbonyl (C=O) groups excluding carboxylic acids is 1. The summed E-state index contributed by atoms with van der Waals surface area (Å²) in [6, 6.07) is -0.0653. The van der Waals surface area contributed by atoms with Crippen LogP contribution in [-0.2, 0) is 4.74 Å². The van der Waals surface area contributed by atoms with Gasteiger partial charge in [-0.3, -0.25) is 0 Å². The van der Waals surface area contributed by atoms with Gasteiger partial charge in [0.1, 0.15) is 0 Å². The van der Waals surface area contributed by atoms with Gasteiger partial charge >= 0.3 is 12.3 Å². The Hall–Kier alpha value is -0.590. The van der Waals surface area contributed by atoms with Gasteiger partial charge in [-0.15, -0.1) is 0 Å². The Balaban J connectivity index is 2.17. The van der Waals surface area contributed by atoms with E-state index < -0.39 is 18.9 Å². The van der Waals surface area contributed by atoms with Gasteiger partial charge in [0.05, 0.1) is 0 Å². The van der Waals surface area contributed by atoms with Crippen molar-refractivity contribution in [3.63, 3.8) is 0 Å². The summed E-state index contributed by atoms with van der Waals surface area (Å²) >= 11 is 1.68. The molecule has 0 aliphatic carbocycles. The summed E-state index contributed by atoms with van der Waals surface area (Å²) in [5, 5.41) is 2.41. The standard InChI is InChI=1S/C8H12F3NO2S/c9-8(10,11)5-14-7(13)12-6-2-1-3-15-4-6/h6H,1-5H2,(H,12,13). The zero-order valence-corrected chi connectivity index (χ0v) is 8.79. The Bertz CT molecular complexity index is 216. The van der Waals surface area contributed by atoms with Crippen molar-refractivity contribution in [1.29, 1.82) is 0 Å². The Morgan fingerprint density at radius 2 is 2.27 bits per heavy atom. The van der Waals surface area contributed by atoms with Crippen molar-refractivity contribution < 1.29 is 22.7 Å². The van der Waals surface area contributed by atoms with Gasteiger partial charge in [0, 0.05) is 11.8 Å². The number of amides is 1. The van der Waals surface area contributed by atoms with Crippen LogP contribution in [0.1, 0.15) is 12.8 Å². The van der Waals surface area contributed by atoms with E-state index in [1.54, 1.807) is 11.8 Å². The van der Waals surface area contributed by atoms with E-state index in [0.29, 0.717) is 0 Å². The van der Waals surface area contributed by atoms with Crippen LogP contribution in [0, 0.1) is 0 Å². The van der Waals surface area contributed by atoms with Crippen LogP contribution in [0.2, 0.25) is 0 Å². The SMILES string of the molecule is O=C(NC1CCCSC1)OCC(F)(F)F. The number of ether oxygens (including phenoxy) is 1. The molecule has 15 heavy (non-hydrogen) atoms. The number of nitrogens with one attached hydrogen (secondary N) is 1. The zero-order valence-electron chi connectivity index (χ0n) is 7.97. The van der Waals surface area contributed by atoms with E-state index in [4.69, 9.17) is 0 Å². The first-order valence-electron chi connectivity index (χ1n) is 4.55. The molecule has 1 rings (SSSR count). The Morgan fingerprint density at radius 3 is 2.80 bits per heavy atom. The smallest absolute Gasteiger partial charge is 0.422 e. The minimum absolute atomic E-state index is 0.0653. The third-order valence-corrected chi connectivity index (χ3v) is 3.06. The van der Waals surface area contributed by atoms with Crippen molar-refractivity contribution in [2.24, 2.45) is 0 Å². The molecule has 3 nitrogen and oxygen atoms in total. The molecule has 88 valence electrons. The Labute approximate surface area is 89.7 Å². The third kappa shape index (κ3) is 5.76. The molecule has 0 saturated carbocycles. The van der Waals surface area contributed by atoms with Crippen LogP contribution in [0.5, 0.6) is 0 Å². The molecule has 1 unspecified atom stereocenters. The monoisotopic (exact) mass is 243 g/mol. The normalized spacial score (nSPS) is 22.2. The van der Waals surface area contributed by atoms with E-state index in [0.717, 1.165) is 24.3 Å². The summed E-state index contributed by atoms with van der Waals surface area (Å²) in [6.45, 7) is -1.53. The molecule has 1 N–H and O–H groups in total. The highest BCUT2D eigenvalue weighted by atomic mass is 32.2. The lowest BCUT2D eigenvalue weighted by atomic mass is 10.2. The lowest BCUT2D eigenvalue weighted by Crippen LogP contribution is -2.39. The van der Waals surface area contributed by atoms with Gasteiger partial charge in [0.2, 0.25) is 0 Å². The molecule has 0 radical (unpaired) electrons. The highest BCUT2D eigenvalue weighted by Crippen LogP contribution is 2.17. The summed E-state index contributed by atoms with van der Waals surface area (Å²) in [5.41, 5.74) is 0. The number of rotatable bonds is 2. The van der Waals surface area contributed by atoms with Crippen LogP contribution in [0.3, 0.4) is 0 Å². The second-order valence-electron chi connectivity index (χ2n) is 3.25. The zero-order chi connectivity index (χ0) is 11.3. The number of alkyl halides is 3. The molecule has 1 fully saturated rings. The molecule has 1 amide bonds. The minimum Gasteiger partial charge on any atom is -0.440 e. The summed E-state index contributed by atoms with van der Waals surface area (Å²) in [5.74, 6) is 1.77. The van der Waals surface area contributed by atoms with Gasteiger partial charge in [-0.05, 0) is 18.6 Å². The molecular formula is C8H12F3NO2S. The Kier molecular flexibility index (Phi) is 4.56. The first-order valence-corrected chi connectivity index (χ1v) is 5.70. The maximum atomic E-state index is 11.7. The van der Waals surface area contributed by atoms with Gasteiger partial charge in [-0.2, -0.15) is 24.9 Å². The van der Waals surface area contributed by atoms with Crippen molar-refractivity contribution in [2.75, 3.05) is 18.1 Å². The van der Waals surface area contributed by atoms with Gasteiger partial charge in [-0.1, -0.05) is 0 Å².